The number of aliphatic hydroxyl groups excluding tert-OH is 1. The van der Waals surface area contributed by atoms with Crippen molar-refractivity contribution in [2.75, 3.05) is 13.2 Å². The average molecular weight is 250 g/mol. The molecule has 9 heteroatoms. The molecule has 0 saturated heterocycles. The fourth-order valence-electron chi connectivity index (χ4n) is 0.688. The van der Waals surface area contributed by atoms with Gasteiger partial charge in [-0.3, -0.25) is 0 Å². The van der Waals surface area contributed by atoms with Gasteiger partial charge >= 0.3 is 6.18 Å². The molecule has 0 aromatic heterocycles. The van der Waals surface area contributed by atoms with Crippen LogP contribution in [-0.2, 0) is 10.2 Å². The summed E-state index contributed by atoms with van der Waals surface area (Å²) in [6.45, 7) is -0.513. The Balaban J connectivity index is 4.20. The van der Waals surface area contributed by atoms with Crippen LogP contribution < -0.4 is 9.44 Å². The molecule has 0 aromatic carbocycles. The number of aliphatic hydroxyl groups is 1. The molecule has 0 aliphatic heterocycles. The maximum absolute atomic E-state index is 11.7. The number of halogens is 3. The van der Waals surface area contributed by atoms with Crippen LogP contribution in [0.3, 0.4) is 0 Å². The van der Waals surface area contributed by atoms with Gasteiger partial charge in [-0.25, -0.2) is 0 Å². The molecule has 0 bridgehead atoms. The lowest BCUT2D eigenvalue weighted by Gasteiger charge is -2.15. The Morgan fingerprint density at radius 3 is 2.27 bits per heavy atom. The van der Waals surface area contributed by atoms with E-state index in [-0.39, 0.29) is 6.42 Å². The van der Waals surface area contributed by atoms with Gasteiger partial charge in [0.05, 0.1) is 6.61 Å². The van der Waals surface area contributed by atoms with Crippen molar-refractivity contribution in [1.82, 2.24) is 9.44 Å². The van der Waals surface area contributed by atoms with Crippen LogP contribution in [-0.4, -0.2) is 38.9 Å². The van der Waals surface area contributed by atoms with Crippen LogP contribution in [0.25, 0.3) is 0 Å². The minimum absolute atomic E-state index is 0.281. The summed E-state index contributed by atoms with van der Waals surface area (Å²) in [5.41, 5.74) is 0. The van der Waals surface area contributed by atoms with E-state index < -0.39 is 35.6 Å². The number of rotatable bonds is 6. The summed E-state index contributed by atoms with van der Waals surface area (Å²) >= 11 is 0. The molecule has 0 heterocycles. The molecule has 0 spiro atoms. The third-order valence-corrected chi connectivity index (χ3v) is 2.67. The van der Waals surface area contributed by atoms with Crippen molar-refractivity contribution in [2.24, 2.45) is 0 Å². The van der Waals surface area contributed by atoms with E-state index in [4.69, 9.17) is 5.11 Å². The van der Waals surface area contributed by atoms with Crippen molar-refractivity contribution >= 4 is 10.2 Å². The van der Waals surface area contributed by atoms with E-state index in [1.807, 2.05) is 4.72 Å². The summed E-state index contributed by atoms with van der Waals surface area (Å²) in [5.74, 6) is 0. The lowest BCUT2D eigenvalue weighted by Crippen LogP contribution is -2.46. The van der Waals surface area contributed by atoms with Crippen molar-refractivity contribution in [2.45, 2.75) is 25.6 Å². The number of nitrogens with one attached hydrogen (secondary N) is 2. The SMILES string of the molecule is CCC(CO)NS(=O)(=O)NCC(F)(F)F. The molecule has 0 aliphatic carbocycles. The minimum atomic E-state index is -4.60. The van der Waals surface area contributed by atoms with Crippen LogP contribution in [0.1, 0.15) is 13.3 Å². The number of alkyl halides is 3. The monoisotopic (exact) mass is 250 g/mol. The summed E-state index contributed by atoms with van der Waals surface area (Å²) in [5, 5.41) is 8.64. The van der Waals surface area contributed by atoms with Gasteiger partial charge in [0.15, 0.2) is 0 Å². The Hall–Kier alpha value is -0.380. The summed E-state index contributed by atoms with van der Waals surface area (Å²) in [4.78, 5) is 0. The second-order valence-corrected chi connectivity index (χ2v) is 4.38. The highest BCUT2D eigenvalue weighted by molar-refractivity contribution is 7.87. The Morgan fingerprint density at radius 1 is 1.40 bits per heavy atom. The molecule has 0 rings (SSSR count). The molecule has 0 aromatic rings. The zero-order valence-corrected chi connectivity index (χ0v) is 8.82. The third kappa shape index (κ3) is 7.54. The predicted molar refractivity (Wildman–Crippen MR) is 47.3 cm³/mol. The zero-order chi connectivity index (χ0) is 12.1. The van der Waals surface area contributed by atoms with Crippen LogP contribution >= 0.6 is 0 Å². The van der Waals surface area contributed by atoms with E-state index in [1.165, 1.54) is 4.72 Å². The first-order valence-electron chi connectivity index (χ1n) is 4.14. The molecule has 1 atom stereocenters. The average Bonchev–Trinajstić information content (AvgIpc) is 2.10. The first kappa shape index (κ1) is 14.6. The van der Waals surface area contributed by atoms with E-state index in [2.05, 4.69) is 0 Å². The van der Waals surface area contributed by atoms with Crippen LogP contribution in [0, 0.1) is 0 Å². The quantitative estimate of drug-likeness (QED) is 0.608. The summed E-state index contributed by atoms with van der Waals surface area (Å²) < 4.78 is 60.2. The fourth-order valence-corrected chi connectivity index (χ4v) is 1.80. The lowest BCUT2D eigenvalue weighted by molar-refractivity contribution is -0.121. The van der Waals surface area contributed by atoms with E-state index in [0.29, 0.717) is 0 Å². The van der Waals surface area contributed by atoms with Gasteiger partial charge in [0.2, 0.25) is 0 Å². The molecule has 92 valence electrons. The topological polar surface area (TPSA) is 78.4 Å². The van der Waals surface area contributed by atoms with Crippen LogP contribution in [0.4, 0.5) is 13.2 Å². The molecule has 3 N–H and O–H groups in total. The van der Waals surface area contributed by atoms with E-state index in [9.17, 15) is 21.6 Å². The maximum atomic E-state index is 11.7. The Bertz CT molecular complexity index is 274. The molecular weight excluding hydrogens is 237 g/mol. The second-order valence-electron chi connectivity index (χ2n) is 2.85. The Morgan fingerprint density at radius 2 is 1.93 bits per heavy atom. The van der Waals surface area contributed by atoms with Gasteiger partial charge in [-0.1, -0.05) is 6.92 Å². The van der Waals surface area contributed by atoms with Crippen molar-refractivity contribution in [1.29, 1.82) is 0 Å². The van der Waals surface area contributed by atoms with Gasteiger partial charge in [0.1, 0.15) is 6.54 Å². The van der Waals surface area contributed by atoms with Crippen LogP contribution in [0.5, 0.6) is 0 Å². The van der Waals surface area contributed by atoms with Crippen molar-refractivity contribution in [3.8, 4) is 0 Å². The highest BCUT2D eigenvalue weighted by Gasteiger charge is 2.29. The first-order chi connectivity index (χ1) is 6.70. The highest BCUT2D eigenvalue weighted by Crippen LogP contribution is 2.12. The lowest BCUT2D eigenvalue weighted by atomic mass is 10.3. The molecule has 15 heavy (non-hydrogen) atoms. The molecule has 5 nitrogen and oxygen atoms in total. The van der Waals surface area contributed by atoms with E-state index in [1.54, 1.807) is 6.92 Å². The normalized spacial score (nSPS) is 15.3. The Kier molecular flexibility index (Phi) is 5.49. The molecule has 0 fully saturated rings. The molecule has 0 aliphatic rings. The largest absolute Gasteiger partial charge is 0.402 e. The van der Waals surface area contributed by atoms with Gasteiger partial charge in [0.25, 0.3) is 10.2 Å². The maximum Gasteiger partial charge on any atom is 0.402 e. The van der Waals surface area contributed by atoms with Gasteiger partial charge < -0.3 is 5.11 Å². The third-order valence-electron chi connectivity index (χ3n) is 1.50. The van der Waals surface area contributed by atoms with Crippen molar-refractivity contribution < 1.29 is 26.7 Å². The molecule has 0 radical (unpaired) electrons. The fraction of sp³-hybridized carbons (Fsp3) is 1.00. The molecule has 0 amide bonds. The first-order valence-corrected chi connectivity index (χ1v) is 5.63. The summed E-state index contributed by atoms with van der Waals surface area (Å²) in [6.07, 6.45) is -4.32. The molecular formula is C6H13F3N2O3S. The second kappa shape index (κ2) is 5.64. The minimum Gasteiger partial charge on any atom is -0.395 e. The van der Waals surface area contributed by atoms with Crippen molar-refractivity contribution in [3.63, 3.8) is 0 Å². The van der Waals surface area contributed by atoms with E-state index in [0.717, 1.165) is 0 Å². The van der Waals surface area contributed by atoms with E-state index >= 15 is 0 Å². The Labute approximate surface area is 85.9 Å². The standard InChI is InChI=1S/C6H13F3N2O3S/c1-2-5(3-12)11-15(13,14)10-4-6(7,8)9/h5,10-12H,2-4H2,1H3. The smallest absolute Gasteiger partial charge is 0.395 e. The number of hydrogen-bond acceptors (Lipinski definition) is 3. The van der Waals surface area contributed by atoms with Gasteiger partial charge in [-0.2, -0.15) is 31.0 Å². The van der Waals surface area contributed by atoms with Gasteiger partial charge in [0, 0.05) is 6.04 Å². The predicted octanol–water partition coefficient (Wildman–Crippen LogP) is -0.256. The van der Waals surface area contributed by atoms with Gasteiger partial charge in [-0.15, -0.1) is 0 Å². The number of hydrogen-bond donors (Lipinski definition) is 3. The van der Waals surface area contributed by atoms with Crippen LogP contribution in [0.15, 0.2) is 0 Å². The molecule has 0 saturated carbocycles. The molecule has 1 unspecified atom stereocenters. The highest BCUT2D eigenvalue weighted by atomic mass is 32.2. The van der Waals surface area contributed by atoms with Gasteiger partial charge in [-0.05, 0) is 6.42 Å². The van der Waals surface area contributed by atoms with Crippen LogP contribution in [0.2, 0.25) is 0 Å². The zero-order valence-electron chi connectivity index (χ0n) is 8.00. The van der Waals surface area contributed by atoms with Crippen molar-refractivity contribution in [3.05, 3.63) is 0 Å². The summed E-state index contributed by atoms with van der Waals surface area (Å²) in [6, 6.07) is -0.782. The summed E-state index contributed by atoms with van der Waals surface area (Å²) in [7, 11) is -4.22.